The number of hydrogen-bond donors (Lipinski definition) is 2. The summed E-state index contributed by atoms with van der Waals surface area (Å²) in [5.74, 6) is -0.370. The first kappa shape index (κ1) is 20.3. The van der Waals surface area contributed by atoms with E-state index in [-0.39, 0.29) is 42.1 Å². The van der Waals surface area contributed by atoms with E-state index < -0.39 is 11.6 Å². The Hall–Kier alpha value is -1.70. The van der Waals surface area contributed by atoms with E-state index in [0.29, 0.717) is 5.96 Å². The minimum Gasteiger partial charge on any atom is -0.352 e. The van der Waals surface area contributed by atoms with Gasteiger partial charge >= 0.3 is 0 Å². The minimum atomic E-state index is -0.459. The largest absolute Gasteiger partial charge is 0.352 e. The minimum absolute atomic E-state index is 0. The molecule has 6 heteroatoms. The number of hydrogen-bond acceptors (Lipinski definition) is 1. The van der Waals surface area contributed by atoms with Crippen molar-refractivity contribution < 1.29 is 8.78 Å². The van der Waals surface area contributed by atoms with Crippen molar-refractivity contribution in [1.82, 2.24) is 10.6 Å². The maximum atomic E-state index is 13.6. The number of nitrogens with one attached hydrogen (secondary N) is 2. The van der Waals surface area contributed by atoms with Crippen molar-refractivity contribution in [2.24, 2.45) is 4.99 Å². The fourth-order valence-corrected chi connectivity index (χ4v) is 2.41. The van der Waals surface area contributed by atoms with E-state index in [1.807, 2.05) is 38.1 Å². The summed E-state index contributed by atoms with van der Waals surface area (Å²) in [6.45, 7) is 4.23. The molecular weight excluding hydrogens is 423 g/mol. The van der Waals surface area contributed by atoms with Crippen LogP contribution in [0.3, 0.4) is 0 Å². The quantitative estimate of drug-likeness (QED) is 0.418. The molecule has 2 rings (SSSR count). The van der Waals surface area contributed by atoms with Gasteiger partial charge in [-0.05, 0) is 43.2 Å². The van der Waals surface area contributed by atoms with Crippen molar-refractivity contribution in [1.29, 1.82) is 0 Å². The molecule has 0 radical (unpaired) electrons. The molecule has 0 heterocycles. The zero-order chi connectivity index (χ0) is 16.8. The van der Waals surface area contributed by atoms with E-state index in [1.165, 1.54) is 11.6 Å². The van der Waals surface area contributed by atoms with Crippen molar-refractivity contribution in [2.45, 2.75) is 26.4 Å². The van der Waals surface area contributed by atoms with Crippen molar-refractivity contribution >= 4 is 29.9 Å². The number of guanidine groups is 1. The van der Waals surface area contributed by atoms with Gasteiger partial charge < -0.3 is 10.6 Å². The number of benzene rings is 2. The first-order valence-corrected chi connectivity index (χ1v) is 7.48. The third-order valence-electron chi connectivity index (χ3n) is 3.69. The maximum Gasteiger partial charge on any atom is 0.191 e. The lowest BCUT2D eigenvalue weighted by Gasteiger charge is -2.20. The molecule has 2 N–H and O–H groups in total. The van der Waals surface area contributed by atoms with Crippen LogP contribution in [0.2, 0.25) is 0 Å². The lowest BCUT2D eigenvalue weighted by molar-refractivity contribution is 0.580. The monoisotopic (exact) mass is 445 g/mol. The van der Waals surface area contributed by atoms with Gasteiger partial charge in [-0.2, -0.15) is 0 Å². The van der Waals surface area contributed by atoms with E-state index in [9.17, 15) is 8.78 Å². The summed E-state index contributed by atoms with van der Waals surface area (Å²) in [5, 5.41) is 6.26. The molecule has 0 saturated heterocycles. The molecular formula is C18H22F2IN3. The van der Waals surface area contributed by atoms with Crippen LogP contribution in [0.15, 0.2) is 47.5 Å². The molecule has 130 valence electrons. The lowest BCUT2D eigenvalue weighted by Crippen LogP contribution is -2.38. The van der Waals surface area contributed by atoms with Crippen LogP contribution in [0.5, 0.6) is 0 Å². The van der Waals surface area contributed by atoms with Gasteiger partial charge in [0, 0.05) is 19.2 Å². The predicted octanol–water partition coefficient (Wildman–Crippen LogP) is 4.32. The van der Waals surface area contributed by atoms with Crippen LogP contribution in [-0.4, -0.2) is 13.0 Å². The molecule has 0 spiro atoms. The second-order valence-corrected chi connectivity index (χ2v) is 5.38. The average Bonchev–Trinajstić information content (AvgIpc) is 2.54. The summed E-state index contributed by atoms with van der Waals surface area (Å²) in [6.07, 6.45) is 0. The van der Waals surface area contributed by atoms with Gasteiger partial charge in [-0.15, -0.1) is 24.0 Å². The predicted molar refractivity (Wildman–Crippen MR) is 105 cm³/mol. The zero-order valence-electron chi connectivity index (χ0n) is 13.9. The summed E-state index contributed by atoms with van der Waals surface area (Å²) in [7, 11) is 1.64. The van der Waals surface area contributed by atoms with Crippen LogP contribution < -0.4 is 10.6 Å². The normalized spacial score (nSPS) is 12.3. The van der Waals surface area contributed by atoms with E-state index in [2.05, 4.69) is 15.6 Å². The second kappa shape index (κ2) is 9.56. The Labute approximate surface area is 158 Å². The highest BCUT2D eigenvalue weighted by molar-refractivity contribution is 14.0. The standard InChI is InChI=1S/C18H21F2N3.HI/c1-12-6-4-5-7-16(12)13(2)23-18(21-3)22-11-14-10-15(19)8-9-17(14)20;/h4-10,13H,11H2,1-3H3,(H2,21,22,23);1H. The topological polar surface area (TPSA) is 36.4 Å². The average molecular weight is 445 g/mol. The van der Waals surface area contributed by atoms with Gasteiger partial charge in [-0.1, -0.05) is 24.3 Å². The van der Waals surface area contributed by atoms with Crippen molar-refractivity contribution in [2.75, 3.05) is 7.05 Å². The summed E-state index contributed by atoms with van der Waals surface area (Å²) in [6, 6.07) is 11.5. The highest BCUT2D eigenvalue weighted by Gasteiger charge is 2.10. The molecule has 3 nitrogen and oxygen atoms in total. The Morgan fingerprint density at radius 2 is 1.88 bits per heavy atom. The third kappa shape index (κ3) is 5.43. The lowest BCUT2D eigenvalue weighted by atomic mass is 10.0. The Morgan fingerprint density at radius 3 is 2.54 bits per heavy atom. The van der Waals surface area contributed by atoms with E-state index in [4.69, 9.17) is 0 Å². The van der Waals surface area contributed by atoms with Crippen LogP contribution in [0.4, 0.5) is 8.78 Å². The van der Waals surface area contributed by atoms with Crippen LogP contribution in [-0.2, 0) is 6.54 Å². The fourth-order valence-electron chi connectivity index (χ4n) is 2.41. The molecule has 0 fully saturated rings. The summed E-state index contributed by atoms with van der Waals surface area (Å²) >= 11 is 0. The van der Waals surface area contributed by atoms with Crippen LogP contribution in [0, 0.1) is 18.6 Å². The molecule has 0 aliphatic carbocycles. The molecule has 0 aliphatic heterocycles. The van der Waals surface area contributed by atoms with Gasteiger partial charge in [0.2, 0.25) is 0 Å². The van der Waals surface area contributed by atoms with Crippen molar-refractivity contribution in [3.63, 3.8) is 0 Å². The van der Waals surface area contributed by atoms with Crippen LogP contribution in [0.25, 0.3) is 0 Å². The first-order valence-electron chi connectivity index (χ1n) is 7.48. The van der Waals surface area contributed by atoms with Gasteiger partial charge in [-0.3, -0.25) is 4.99 Å². The summed E-state index contributed by atoms with van der Waals surface area (Å²) < 4.78 is 26.8. The third-order valence-corrected chi connectivity index (χ3v) is 3.69. The Morgan fingerprint density at radius 1 is 1.17 bits per heavy atom. The molecule has 1 atom stereocenters. The molecule has 0 aliphatic rings. The van der Waals surface area contributed by atoms with Gasteiger partial charge in [0.25, 0.3) is 0 Å². The van der Waals surface area contributed by atoms with Gasteiger partial charge in [0.1, 0.15) is 11.6 Å². The number of nitrogens with zero attached hydrogens (tertiary/aromatic N) is 1. The highest BCUT2D eigenvalue weighted by Crippen LogP contribution is 2.16. The highest BCUT2D eigenvalue weighted by atomic mass is 127. The molecule has 0 bridgehead atoms. The Kier molecular flexibility index (Phi) is 8.10. The van der Waals surface area contributed by atoms with E-state index in [1.54, 1.807) is 7.05 Å². The number of rotatable bonds is 4. The Bertz CT molecular complexity index is 704. The fraction of sp³-hybridized carbons (Fsp3) is 0.278. The number of aliphatic imine (C=N–C) groups is 1. The van der Waals surface area contributed by atoms with E-state index in [0.717, 1.165) is 17.7 Å². The van der Waals surface area contributed by atoms with Gasteiger partial charge in [-0.25, -0.2) is 8.78 Å². The van der Waals surface area contributed by atoms with Gasteiger partial charge in [0.05, 0.1) is 6.04 Å². The molecule has 2 aromatic carbocycles. The smallest absolute Gasteiger partial charge is 0.191 e. The molecule has 2 aromatic rings. The van der Waals surface area contributed by atoms with Crippen molar-refractivity contribution in [3.05, 3.63) is 70.8 Å². The molecule has 24 heavy (non-hydrogen) atoms. The molecule has 1 unspecified atom stereocenters. The van der Waals surface area contributed by atoms with Crippen LogP contribution in [0.1, 0.15) is 29.7 Å². The maximum absolute atomic E-state index is 13.6. The van der Waals surface area contributed by atoms with Crippen LogP contribution >= 0.6 is 24.0 Å². The number of halogens is 3. The summed E-state index contributed by atoms with van der Waals surface area (Å²) in [4.78, 5) is 4.13. The summed E-state index contributed by atoms with van der Waals surface area (Å²) in [5.41, 5.74) is 2.60. The van der Waals surface area contributed by atoms with Gasteiger partial charge in [0.15, 0.2) is 5.96 Å². The number of aryl methyl sites for hydroxylation is 1. The first-order chi connectivity index (χ1) is 11.0. The SMILES string of the molecule is CN=C(NCc1cc(F)ccc1F)NC(C)c1ccccc1C.I. The zero-order valence-corrected chi connectivity index (χ0v) is 16.3. The molecule has 0 aromatic heterocycles. The second-order valence-electron chi connectivity index (χ2n) is 5.38. The molecule has 0 saturated carbocycles. The Balaban J connectivity index is 0.00000288. The van der Waals surface area contributed by atoms with E-state index >= 15 is 0 Å². The molecule has 0 amide bonds. The van der Waals surface area contributed by atoms with Crippen molar-refractivity contribution in [3.8, 4) is 0 Å².